The normalized spacial score (nSPS) is 14.6. The van der Waals surface area contributed by atoms with Gasteiger partial charge in [0.1, 0.15) is 0 Å². The van der Waals surface area contributed by atoms with E-state index in [0.29, 0.717) is 11.3 Å². The number of carbonyl (C=O) groups excluding carboxylic acids is 1. The van der Waals surface area contributed by atoms with Gasteiger partial charge in [-0.2, -0.15) is 10.4 Å². The minimum absolute atomic E-state index is 0.222. The lowest BCUT2D eigenvalue weighted by Gasteiger charge is -2.33. The number of likely N-dealkylation sites (N-methyl/N-ethyl adjacent to an activating group) is 1. The molecule has 192 valence electrons. The van der Waals surface area contributed by atoms with Gasteiger partial charge in [0.15, 0.2) is 0 Å². The van der Waals surface area contributed by atoms with E-state index in [9.17, 15) is 10.1 Å². The van der Waals surface area contributed by atoms with Gasteiger partial charge < -0.3 is 15.1 Å². The van der Waals surface area contributed by atoms with Gasteiger partial charge in [-0.3, -0.25) is 9.78 Å². The van der Waals surface area contributed by atoms with Crippen LogP contribution >= 0.6 is 0 Å². The molecule has 1 fully saturated rings. The Labute approximate surface area is 223 Å². The molecule has 2 aromatic heterocycles. The Kier molecular flexibility index (Phi) is 7.20. The molecule has 1 unspecified atom stereocenters. The molecular weight excluding hydrogens is 474 g/mol. The van der Waals surface area contributed by atoms with Gasteiger partial charge in [-0.25, -0.2) is 4.68 Å². The van der Waals surface area contributed by atoms with E-state index in [-0.39, 0.29) is 11.8 Å². The summed E-state index contributed by atoms with van der Waals surface area (Å²) in [6.45, 7) is 7.89. The number of aromatic nitrogens is 3. The molecule has 2 aromatic carbocycles. The van der Waals surface area contributed by atoms with Crippen molar-refractivity contribution < 1.29 is 4.79 Å². The third-order valence-corrected chi connectivity index (χ3v) is 7.06. The molecular formula is C30H31N7O. The van der Waals surface area contributed by atoms with Crippen LogP contribution in [0.2, 0.25) is 0 Å². The van der Waals surface area contributed by atoms with E-state index in [1.165, 1.54) is 0 Å². The number of amides is 1. The molecule has 5 rings (SSSR count). The van der Waals surface area contributed by atoms with Crippen LogP contribution in [0.5, 0.6) is 0 Å². The Balaban J connectivity index is 1.35. The Morgan fingerprint density at radius 2 is 1.84 bits per heavy atom. The summed E-state index contributed by atoms with van der Waals surface area (Å²) in [7, 11) is 2.15. The second-order valence-corrected chi connectivity index (χ2v) is 9.83. The number of rotatable bonds is 6. The van der Waals surface area contributed by atoms with E-state index in [4.69, 9.17) is 0 Å². The van der Waals surface area contributed by atoms with Crippen molar-refractivity contribution in [2.24, 2.45) is 0 Å². The third-order valence-electron chi connectivity index (χ3n) is 7.06. The summed E-state index contributed by atoms with van der Waals surface area (Å²) in [5.74, 6) is -0.500. The van der Waals surface area contributed by atoms with Crippen molar-refractivity contribution >= 4 is 17.3 Å². The monoisotopic (exact) mass is 505 g/mol. The fourth-order valence-electron chi connectivity index (χ4n) is 4.59. The lowest BCUT2D eigenvalue weighted by atomic mass is 10.0. The summed E-state index contributed by atoms with van der Waals surface area (Å²) >= 11 is 0. The quantitative estimate of drug-likeness (QED) is 0.402. The molecule has 3 heterocycles. The van der Waals surface area contributed by atoms with E-state index in [1.54, 1.807) is 18.2 Å². The second kappa shape index (κ2) is 10.9. The van der Waals surface area contributed by atoms with Crippen LogP contribution in [0.3, 0.4) is 0 Å². The van der Waals surface area contributed by atoms with Crippen LogP contribution in [0.15, 0.2) is 73.3 Å². The highest BCUT2D eigenvalue weighted by molar-refractivity contribution is 6.04. The molecule has 0 radical (unpaired) electrons. The van der Waals surface area contributed by atoms with E-state index in [1.807, 2.05) is 67.6 Å². The number of hydrogen-bond donors (Lipinski definition) is 1. The number of nitriles is 1. The van der Waals surface area contributed by atoms with Crippen LogP contribution < -0.4 is 10.2 Å². The Morgan fingerprint density at radius 3 is 2.63 bits per heavy atom. The van der Waals surface area contributed by atoms with Gasteiger partial charge in [-0.05, 0) is 62.4 Å². The van der Waals surface area contributed by atoms with Gasteiger partial charge in [0, 0.05) is 61.0 Å². The summed E-state index contributed by atoms with van der Waals surface area (Å²) in [5, 5.41) is 16.8. The second-order valence-electron chi connectivity index (χ2n) is 9.83. The topological polar surface area (TPSA) is 90.1 Å². The van der Waals surface area contributed by atoms with Crippen molar-refractivity contribution in [3.05, 3.63) is 90.0 Å². The molecule has 4 aromatic rings. The number of piperazine rings is 1. The van der Waals surface area contributed by atoms with Gasteiger partial charge in [0.25, 0.3) is 5.91 Å². The maximum atomic E-state index is 12.9. The molecule has 0 bridgehead atoms. The minimum Gasteiger partial charge on any atom is -0.368 e. The lowest BCUT2D eigenvalue weighted by Crippen LogP contribution is -2.44. The Hall–Kier alpha value is -4.48. The van der Waals surface area contributed by atoms with Crippen LogP contribution in [0.1, 0.15) is 34.3 Å². The van der Waals surface area contributed by atoms with Gasteiger partial charge in [-0.15, -0.1) is 0 Å². The fourth-order valence-corrected chi connectivity index (χ4v) is 4.59. The van der Waals surface area contributed by atoms with Crippen molar-refractivity contribution in [3.8, 4) is 22.9 Å². The first kappa shape index (κ1) is 25.2. The molecule has 0 aliphatic carbocycles. The zero-order valence-electron chi connectivity index (χ0n) is 21.9. The average molecular weight is 506 g/mol. The maximum Gasteiger partial charge on any atom is 0.255 e. The smallest absolute Gasteiger partial charge is 0.255 e. The van der Waals surface area contributed by atoms with Crippen LogP contribution in [-0.2, 0) is 0 Å². The van der Waals surface area contributed by atoms with Gasteiger partial charge >= 0.3 is 0 Å². The number of nitrogens with one attached hydrogen (secondary N) is 1. The zero-order valence-corrected chi connectivity index (χ0v) is 21.9. The maximum absolute atomic E-state index is 12.9. The number of benzene rings is 2. The highest BCUT2D eigenvalue weighted by atomic mass is 16.1. The first-order valence-electron chi connectivity index (χ1n) is 12.8. The van der Waals surface area contributed by atoms with E-state index in [0.717, 1.165) is 59.8 Å². The number of hydrogen-bond acceptors (Lipinski definition) is 6. The summed E-state index contributed by atoms with van der Waals surface area (Å²) in [5.41, 5.74) is 7.03. The zero-order chi connectivity index (χ0) is 26.6. The number of nitrogens with zero attached hydrogens (tertiary/aromatic N) is 6. The molecule has 8 heteroatoms. The van der Waals surface area contributed by atoms with E-state index < -0.39 is 0 Å². The summed E-state index contributed by atoms with van der Waals surface area (Å²) in [4.78, 5) is 22.1. The van der Waals surface area contributed by atoms with Gasteiger partial charge in [0.2, 0.25) is 0 Å². The predicted octanol–water partition coefficient (Wildman–Crippen LogP) is 4.87. The van der Waals surface area contributed by atoms with Crippen LogP contribution in [0.25, 0.3) is 16.8 Å². The SMILES string of the molecule is Cc1ccc(NC(=O)c2cccc(C(C)C#N)c2)cc1-n1cc(-c2cncc(N3CCN(C)CC3)c2)cn1. The molecule has 1 atom stereocenters. The molecule has 1 saturated heterocycles. The van der Waals surface area contributed by atoms with Crippen molar-refractivity contribution in [2.75, 3.05) is 43.4 Å². The van der Waals surface area contributed by atoms with Crippen molar-refractivity contribution in [2.45, 2.75) is 19.8 Å². The highest BCUT2D eigenvalue weighted by Gasteiger charge is 2.16. The largest absolute Gasteiger partial charge is 0.368 e. The Bertz CT molecular complexity index is 1490. The molecule has 38 heavy (non-hydrogen) atoms. The first-order valence-corrected chi connectivity index (χ1v) is 12.8. The number of aryl methyl sites for hydroxylation is 1. The highest BCUT2D eigenvalue weighted by Crippen LogP contribution is 2.27. The number of pyridine rings is 1. The molecule has 8 nitrogen and oxygen atoms in total. The average Bonchev–Trinajstić information content (AvgIpc) is 3.44. The minimum atomic E-state index is -0.278. The summed E-state index contributed by atoms with van der Waals surface area (Å²) in [6.07, 6.45) is 7.63. The number of anilines is 2. The van der Waals surface area contributed by atoms with Crippen molar-refractivity contribution in [1.82, 2.24) is 19.7 Å². The molecule has 1 aliphatic heterocycles. The molecule has 1 amide bonds. The van der Waals surface area contributed by atoms with Crippen LogP contribution in [0, 0.1) is 18.3 Å². The van der Waals surface area contributed by atoms with E-state index in [2.05, 4.69) is 44.4 Å². The predicted molar refractivity (Wildman–Crippen MR) is 150 cm³/mol. The fraction of sp³-hybridized carbons (Fsp3) is 0.267. The molecule has 0 spiro atoms. The van der Waals surface area contributed by atoms with Gasteiger partial charge in [0.05, 0.1) is 35.8 Å². The molecule has 0 saturated carbocycles. The van der Waals surface area contributed by atoms with Crippen LogP contribution in [-0.4, -0.2) is 58.8 Å². The third kappa shape index (κ3) is 5.43. The lowest BCUT2D eigenvalue weighted by molar-refractivity contribution is 0.102. The van der Waals surface area contributed by atoms with E-state index >= 15 is 0 Å². The summed E-state index contributed by atoms with van der Waals surface area (Å²) < 4.78 is 1.83. The standard InChI is InChI=1S/C30H31N7O/c1-21-7-8-27(34-30(38)24-6-4-5-23(13-24)22(2)16-31)15-29(21)37-20-26(18-33-37)25-14-28(19-32-17-25)36-11-9-35(3)10-12-36/h4-8,13-15,17-20,22H,9-12H2,1-3H3,(H,34,38). The number of carbonyl (C=O) groups is 1. The van der Waals surface area contributed by atoms with Crippen molar-refractivity contribution in [3.63, 3.8) is 0 Å². The van der Waals surface area contributed by atoms with Gasteiger partial charge in [-0.1, -0.05) is 18.2 Å². The molecule has 1 aliphatic rings. The first-order chi connectivity index (χ1) is 18.4. The Morgan fingerprint density at radius 1 is 1.03 bits per heavy atom. The summed E-state index contributed by atoms with van der Waals surface area (Å²) in [6, 6.07) is 17.3. The molecule has 1 N–H and O–H groups in total. The van der Waals surface area contributed by atoms with Crippen molar-refractivity contribution in [1.29, 1.82) is 5.26 Å². The van der Waals surface area contributed by atoms with Crippen LogP contribution in [0.4, 0.5) is 11.4 Å².